The molecule has 0 saturated heterocycles. The van der Waals surface area contributed by atoms with E-state index in [1.807, 2.05) is 6.92 Å². The third-order valence-electron chi connectivity index (χ3n) is 6.41. The first kappa shape index (κ1) is 28.4. The second kappa shape index (κ2) is 8.45. The zero-order valence-corrected chi connectivity index (χ0v) is 19.2. The van der Waals surface area contributed by atoms with Gasteiger partial charge in [0, 0.05) is 4.88 Å². The van der Waals surface area contributed by atoms with Crippen LogP contribution in [-0.4, -0.2) is 53.8 Å². The molecule has 1 atom stereocenters. The van der Waals surface area contributed by atoms with Gasteiger partial charge in [-0.15, -0.1) is 11.3 Å². The van der Waals surface area contributed by atoms with Crippen molar-refractivity contribution in [1.29, 1.82) is 0 Å². The molecule has 1 unspecified atom stereocenters. The molecule has 0 bridgehead atoms. The molecule has 16 heteroatoms. The quantitative estimate of drug-likeness (QED) is 0.341. The van der Waals surface area contributed by atoms with Gasteiger partial charge in [0.1, 0.15) is 5.00 Å². The zero-order valence-electron chi connectivity index (χ0n) is 18.4. The summed E-state index contributed by atoms with van der Waals surface area (Å²) < 4.78 is 159. The number of hydrogen-bond acceptors (Lipinski definition) is 4. The number of nitrogens with one attached hydrogen (secondary N) is 1. The van der Waals surface area contributed by atoms with E-state index in [9.17, 15) is 53.5 Å². The summed E-state index contributed by atoms with van der Waals surface area (Å²) in [5.41, 5.74) is -7.26. The number of thiophene rings is 1. The minimum atomic E-state index is -7.43. The Morgan fingerprint density at radius 1 is 0.889 bits per heavy atom. The van der Waals surface area contributed by atoms with Gasteiger partial charge in [-0.25, -0.2) is 9.18 Å². The molecule has 36 heavy (non-hydrogen) atoms. The summed E-state index contributed by atoms with van der Waals surface area (Å²) in [6.45, 7) is 2.88. The van der Waals surface area contributed by atoms with Crippen LogP contribution >= 0.6 is 11.3 Å². The predicted molar refractivity (Wildman–Crippen MR) is 103 cm³/mol. The van der Waals surface area contributed by atoms with Crippen molar-refractivity contribution in [3.63, 3.8) is 0 Å². The van der Waals surface area contributed by atoms with Crippen LogP contribution in [0.4, 0.5) is 53.3 Å². The standard InChI is InChI=1S/C20H18F11NO3S/c1-3-8-5-6-9-10(7-8)36-12(11(9)13(33)35-4-2)32-14(34)15(21)16(22,23)18(26,27)20(30,31)19(28,29)17(15,24)25/h8H,3-7H2,1-2H3,(H,32,34). The number of ether oxygens (including phenoxy) is 1. The molecule has 1 saturated carbocycles. The van der Waals surface area contributed by atoms with Gasteiger partial charge in [-0.05, 0) is 37.7 Å². The fraction of sp³-hybridized carbons (Fsp3) is 0.700. The molecule has 0 aliphatic heterocycles. The van der Waals surface area contributed by atoms with Gasteiger partial charge in [-0.2, -0.15) is 43.9 Å². The van der Waals surface area contributed by atoms with Gasteiger partial charge in [0.15, 0.2) is 0 Å². The van der Waals surface area contributed by atoms with E-state index in [1.165, 1.54) is 6.92 Å². The Morgan fingerprint density at radius 2 is 1.39 bits per heavy atom. The number of esters is 1. The maximum Gasteiger partial charge on any atom is 0.384 e. The average Bonchev–Trinajstić information content (AvgIpc) is 3.13. The maximum absolute atomic E-state index is 15.1. The summed E-state index contributed by atoms with van der Waals surface area (Å²) in [6, 6.07) is 0. The van der Waals surface area contributed by atoms with Gasteiger partial charge in [0.25, 0.3) is 5.91 Å². The second-order valence-electron chi connectivity index (χ2n) is 8.43. The molecule has 1 aromatic heterocycles. The van der Waals surface area contributed by atoms with Crippen LogP contribution in [0.25, 0.3) is 0 Å². The number of halogens is 11. The topological polar surface area (TPSA) is 55.4 Å². The molecule has 1 fully saturated rings. The van der Waals surface area contributed by atoms with Crippen molar-refractivity contribution in [2.45, 2.75) is 74.8 Å². The van der Waals surface area contributed by atoms with E-state index < -0.39 is 57.7 Å². The Labute approximate surface area is 200 Å². The Bertz CT molecular complexity index is 1040. The van der Waals surface area contributed by atoms with E-state index >= 15 is 4.39 Å². The third kappa shape index (κ3) is 3.30. The summed E-state index contributed by atoms with van der Waals surface area (Å²) in [5, 5.41) is 0.187. The highest BCUT2D eigenvalue weighted by molar-refractivity contribution is 7.17. The molecule has 3 rings (SSSR count). The molecule has 2 aliphatic rings. The third-order valence-corrected chi connectivity index (χ3v) is 7.58. The lowest BCUT2D eigenvalue weighted by atomic mass is 9.71. The first-order valence-corrected chi connectivity index (χ1v) is 11.3. The highest BCUT2D eigenvalue weighted by atomic mass is 32.1. The Morgan fingerprint density at radius 3 is 1.86 bits per heavy atom. The number of fused-ring (bicyclic) bond motifs is 1. The molecule has 1 aromatic rings. The van der Waals surface area contributed by atoms with E-state index in [0.29, 0.717) is 29.1 Å². The number of anilines is 1. The fourth-order valence-electron chi connectivity index (χ4n) is 4.21. The fourth-order valence-corrected chi connectivity index (χ4v) is 5.55. The van der Waals surface area contributed by atoms with Crippen LogP contribution in [0.15, 0.2) is 0 Å². The van der Waals surface area contributed by atoms with Crippen molar-refractivity contribution in [3.8, 4) is 0 Å². The van der Waals surface area contributed by atoms with Crippen LogP contribution in [0.2, 0.25) is 0 Å². The normalized spacial score (nSPS) is 26.5. The number of hydrogen-bond donors (Lipinski definition) is 1. The molecule has 1 heterocycles. The van der Waals surface area contributed by atoms with Gasteiger partial charge in [-0.3, -0.25) is 4.79 Å². The first-order valence-electron chi connectivity index (χ1n) is 10.5. The second-order valence-corrected chi connectivity index (χ2v) is 9.54. The number of alkyl halides is 11. The Kier molecular flexibility index (Phi) is 6.67. The Balaban J connectivity index is 2.16. The number of carbonyl (C=O) groups excluding carboxylic acids is 2. The van der Waals surface area contributed by atoms with Gasteiger partial charge in [0.2, 0.25) is 0 Å². The van der Waals surface area contributed by atoms with Crippen LogP contribution in [0.3, 0.4) is 0 Å². The van der Waals surface area contributed by atoms with Crippen LogP contribution in [0.5, 0.6) is 0 Å². The number of carbonyl (C=O) groups is 2. The van der Waals surface area contributed by atoms with E-state index in [-0.39, 0.29) is 30.9 Å². The maximum atomic E-state index is 15.1. The lowest BCUT2D eigenvalue weighted by Gasteiger charge is -2.51. The minimum absolute atomic E-state index is 0.0360. The first-order chi connectivity index (χ1) is 16.3. The number of amides is 1. The van der Waals surface area contributed by atoms with Crippen molar-refractivity contribution in [2.75, 3.05) is 11.9 Å². The molecule has 0 spiro atoms. The molecule has 1 N–H and O–H groups in total. The largest absolute Gasteiger partial charge is 0.462 e. The summed E-state index contributed by atoms with van der Waals surface area (Å²) >= 11 is 0.414. The predicted octanol–water partition coefficient (Wildman–Crippen LogP) is 6.28. The zero-order chi connectivity index (χ0) is 27.7. The SMILES string of the molecule is CCOC(=O)c1c(NC(=O)C2(F)C(F)(F)C(F)(F)C(F)(F)C(F)(F)C2(F)F)sc2c1CCC(CC)C2. The summed E-state index contributed by atoms with van der Waals surface area (Å²) in [5.74, 6) is -41.5. The molecule has 0 radical (unpaired) electrons. The van der Waals surface area contributed by atoms with E-state index in [2.05, 4.69) is 0 Å². The highest BCUT2D eigenvalue weighted by Crippen LogP contribution is 2.69. The van der Waals surface area contributed by atoms with Gasteiger partial charge < -0.3 is 10.1 Å². The van der Waals surface area contributed by atoms with E-state index in [4.69, 9.17) is 4.74 Å². The van der Waals surface area contributed by atoms with Gasteiger partial charge in [0.05, 0.1) is 12.2 Å². The van der Waals surface area contributed by atoms with Crippen molar-refractivity contribution < 1.29 is 62.6 Å². The lowest BCUT2D eigenvalue weighted by molar-refractivity contribution is -0.475. The molecular formula is C20H18F11NO3S. The average molecular weight is 561 g/mol. The molecule has 4 nitrogen and oxygen atoms in total. The van der Waals surface area contributed by atoms with Crippen molar-refractivity contribution in [2.24, 2.45) is 5.92 Å². The van der Waals surface area contributed by atoms with Crippen LogP contribution in [-0.2, 0) is 22.4 Å². The highest BCUT2D eigenvalue weighted by Gasteiger charge is 3.02. The molecular weight excluding hydrogens is 543 g/mol. The monoisotopic (exact) mass is 561 g/mol. The van der Waals surface area contributed by atoms with Crippen LogP contribution < -0.4 is 5.32 Å². The number of rotatable bonds is 5. The molecule has 1 amide bonds. The summed E-state index contributed by atoms with van der Waals surface area (Å²) in [4.78, 5) is 25.1. The van der Waals surface area contributed by atoms with E-state index in [1.54, 1.807) is 0 Å². The smallest absolute Gasteiger partial charge is 0.384 e. The van der Waals surface area contributed by atoms with Crippen LogP contribution in [0.1, 0.15) is 47.5 Å². The Hall–Kier alpha value is -2.13. The minimum Gasteiger partial charge on any atom is -0.462 e. The lowest BCUT2D eigenvalue weighted by Crippen LogP contribution is -2.86. The van der Waals surface area contributed by atoms with Crippen LogP contribution in [0, 0.1) is 5.92 Å². The molecule has 0 aromatic carbocycles. The summed E-state index contributed by atoms with van der Waals surface area (Å²) in [7, 11) is 0. The van der Waals surface area contributed by atoms with Crippen molar-refractivity contribution in [3.05, 3.63) is 16.0 Å². The molecule has 204 valence electrons. The van der Waals surface area contributed by atoms with Gasteiger partial charge >= 0.3 is 41.3 Å². The van der Waals surface area contributed by atoms with Crippen molar-refractivity contribution >= 4 is 28.2 Å². The molecule has 2 aliphatic carbocycles. The van der Waals surface area contributed by atoms with Crippen molar-refractivity contribution in [1.82, 2.24) is 0 Å². The van der Waals surface area contributed by atoms with E-state index in [0.717, 1.165) is 5.32 Å². The summed E-state index contributed by atoms with van der Waals surface area (Å²) in [6.07, 6.45) is 1.51. The van der Waals surface area contributed by atoms with Gasteiger partial charge in [-0.1, -0.05) is 13.3 Å².